The van der Waals surface area contributed by atoms with Crippen molar-refractivity contribution in [2.24, 2.45) is 11.8 Å². The quantitative estimate of drug-likeness (QED) is 0.782. The fourth-order valence-corrected chi connectivity index (χ4v) is 5.42. The van der Waals surface area contributed by atoms with E-state index in [2.05, 4.69) is 15.9 Å². The molecule has 1 heterocycles. The zero-order valence-corrected chi connectivity index (χ0v) is 15.7. The Kier molecular flexibility index (Phi) is 5.39. The highest BCUT2D eigenvalue weighted by molar-refractivity contribution is 9.10. The Morgan fingerprint density at radius 2 is 2.00 bits per heavy atom. The fourth-order valence-electron chi connectivity index (χ4n) is 3.52. The van der Waals surface area contributed by atoms with Crippen LogP contribution in [0.25, 0.3) is 0 Å². The number of aliphatic carboxylic acids is 1. The summed E-state index contributed by atoms with van der Waals surface area (Å²) in [5, 5.41) is 9.45. The van der Waals surface area contributed by atoms with Crippen molar-refractivity contribution in [3.63, 3.8) is 0 Å². The van der Waals surface area contributed by atoms with Gasteiger partial charge in [-0.15, -0.1) is 11.8 Å². The summed E-state index contributed by atoms with van der Waals surface area (Å²) in [4.78, 5) is 26.3. The Morgan fingerprint density at radius 1 is 1.28 bits per heavy atom. The normalized spacial score (nSPS) is 28.3. The lowest BCUT2D eigenvalue weighted by Gasteiger charge is -2.22. The smallest absolute Gasteiger partial charge is 0.307 e. The molecule has 1 aromatic carbocycles. The number of alkyl halides is 2. The molecule has 0 aromatic heterocycles. The Balaban J connectivity index is 1.70. The van der Waals surface area contributed by atoms with Crippen molar-refractivity contribution in [2.45, 2.75) is 35.3 Å². The number of carboxylic acids is 1. The predicted molar refractivity (Wildman–Crippen MR) is 93.8 cm³/mol. The molecule has 1 aliphatic heterocycles. The van der Waals surface area contributed by atoms with Gasteiger partial charge >= 0.3 is 5.97 Å². The summed E-state index contributed by atoms with van der Waals surface area (Å²) in [6, 6.07) is 7.67. The maximum absolute atomic E-state index is 13.4. The van der Waals surface area contributed by atoms with Crippen LogP contribution < -0.4 is 0 Å². The minimum Gasteiger partial charge on any atom is -0.481 e. The summed E-state index contributed by atoms with van der Waals surface area (Å²) < 4.78 is 27.7. The highest BCUT2D eigenvalue weighted by Gasteiger charge is 2.48. The molecule has 1 N–H and O–H groups in total. The van der Waals surface area contributed by atoms with Gasteiger partial charge in [-0.05, 0) is 31.0 Å². The lowest BCUT2D eigenvalue weighted by atomic mass is 9.95. The van der Waals surface area contributed by atoms with E-state index < -0.39 is 36.2 Å². The van der Waals surface area contributed by atoms with Crippen molar-refractivity contribution < 1.29 is 23.5 Å². The van der Waals surface area contributed by atoms with Crippen LogP contribution in [0.15, 0.2) is 33.6 Å². The molecule has 0 bridgehead atoms. The van der Waals surface area contributed by atoms with Crippen molar-refractivity contribution in [3.8, 4) is 0 Å². The van der Waals surface area contributed by atoms with E-state index >= 15 is 0 Å². The third-order valence-corrected chi connectivity index (χ3v) is 6.47. The molecule has 3 rings (SSSR count). The summed E-state index contributed by atoms with van der Waals surface area (Å²) in [5.41, 5.74) is 0. The first-order valence-corrected chi connectivity index (χ1v) is 9.74. The summed E-state index contributed by atoms with van der Waals surface area (Å²) in [6.07, 6.45) is 0.418. The van der Waals surface area contributed by atoms with Crippen LogP contribution in [0.2, 0.25) is 0 Å². The van der Waals surface area contributed by atoms with Gasteiger partial charge in [-0.1, -0.05) is 22.0 Å². The van der Waals surface area contributed by atoms with Crippen LogP contribution in [0, 0.1) is 11.8 Å². The van der Waals surface area contributed by atoms with Gasteiger partial charge in [0.25, 0.3) is 5.92 Å². The van der Waals surface area contributed by atoms with Crippen molar-refractivity contribution >= 4 is 39.6 Å². The second-order valence-electron chi connectivity index (χ2n) is 6.59. The lowest BCUT2D eigenvalue weighted by molar-refractivity contribution is -0.149. The molecule has 136 valence electrons. The van der Waals surface area contributed by atoms with Gasteiger partial charge in [0.05, 0.1) is 18.4 Å². The highest BCUT2D eigenvalue weighted by atomic mass is 79.9. The zero-order valence-electron chi connectivity index (χ0n) is 13.3. The third-order valence-electron chi connectivity index (χ3n) is 4.73. The highest BCUT2D eigenvalue weighted by Crippen LogP contribution is 2.43. The second-order valence-corrected chi connectivity index (χ2v) is 8.88. The fraction of sp³-hybridized carbons (Fsp3) is 0.529. The molecule has 2 fully saturated rings. The maximum Gasteiger partial charge on any atom is 0.307 e. The van der Waals surface area contributed by atoms with Crippen LogP contribution in [-0.2, 0) is 9.59 Å². The van der Waals surface area contributed by atoms with Crippen molar-refractivity contribution in [1.29, 1.82) is 0 Å². The second kappa shape index (κ2) is 7.23. The van der Waals surface area contributed by atoms with Gasteiger partial charge in [0.1, 0.15) is 0 Å². The molecule has 0 unspecified atom stereocenters. The first-order valence-electron chi connectivity index (χ1n) is 8.07. The molecule has 2 aliphatic rings. The number of carbonyl (C=O) groups excluding carboxylic acids is 1. The average Bonchev–Trinajstić information content (AvgIpc) is 3.10. The van der Waals surface area contributed by atoms with Crippen LogP contribution in [-0.4, -0.2) is 46.1 Å². The molecule has 25 heavy (non-hydrogen) atoms. The molecule has 1 saturated heterocycles. The van der Waals surface area contributed by atoms with E-state index in [-0.39, 0.29) is 18.2 Å². The Morgan fingerprint density at radius 3 is 2.60 bits per heavy atom. The zero-order chi connectivity index (χ0) is 18.2. The molecule has 3 atom stereocenters. The molecular formula is C17H18BrF2NO3S. The van der Waals surface area contributed by atoms with Crippen LogP contribution in [0.5, 0.6) is 0 Å². The van der Waals surface area contributed by atoms with Gasteiger partial charge in [0.15, 0.2) is 0 Å². The number of hydrogen-bond donors (Lipinski definition) is 1. The number of amides is 1. The van der Waals surface area contributed by atoms with Crippen LogP contribution >= 0.6 is 27.7 Å². The summed E-state index contributed by atoms with van der Waals surface area (Å²) >= 11 is 4.94. The molecule has 1 aromatic rings. The average molecular weight is 434 g/mol. The molecule has 4 nitrogen and oxygen atoms in total. The maximum atomic E-state index is 13.4. The molecule has 0 spiro atoms. The van der Waals surface area contributed by atoms with Gasteiger partial charge in [0.2, 0.25) is 5.91 Å². The lowest BCUT2D eigenvalue weighted by Crippen LogP contribution is -2.39. The van der Waals surface area contributed by atoms with E-state index in [1.54, 1.807) is 0 Å². The summed E-state index contributed by atoms with van der Waals surface area (Å²) in [5.74, 6) is -5.87. The molecular weight excluding hydrogens is 416 g/mol. The molecule has 1 aliphatic carbocycles. The van der Waals surface area contributed by atoms with Crippen molar-refractivity contribution in [2.75, 3.05) is 13.1 Å². The summed E-state index contributed by atoms with van der Waals surface area (Å²) in [7, 11) is 0. The number of carboxylic acid groups (broad SMARTS) is 1. The van der Waals surface area contributed by atoms with Gasteiger partial charge < -0.3 is 10.0 Å². The monoisotopic (exact) mass is 433 g/mol. The first kappa shape index (κ1) is 18.6. The van der Waals surface area contributed by atoms with E-state index in [9.17, 15) is 23.5 Å². The van der Waals surface area contributed by atoms with Crippen molar-refractivity contribution in [3.05, 3.63) is 28.7 Å². The van der Waals surface area contributed by atoms with Crippen LogP contribution in [0.4, 0.5) is 8.78 Å². The van der Waals surface area contributed by atoms with Crippen molar-refractivity contribution in [1.82, 2.24) is 4.90 Å². The third kappa shape index (κ3) is 4.34. The number of hydrogen-bond acceptors (Lipinski definition) is 3. The number of carbonyl (C=O) groups is 2. The number of halogens is 3. The number of rotatable bonds is 4. The Labute approximate surface area is 157 Å². The molecule has 1 amide bonds. The van der Waals surface area contributed by atoms with Gasteiger partial charge in [-0.3, -0.25) is 9.59 Å². The van der Waals surface area contributed by atoms with Gasteiger partial charge in [-0.2, -0.15) is 0 Å². The molecule has 8 heteroatoms. The number of nitrogens with zero attached hydrogens (tertiary/aromatic N) is 1. The summed E-state index contributed by atoms with van der Waals surface area (Å²) in [6.45, 7) is -0.601. The van der Waals surface area contributed by atoms with E-state index in [4.69, 9.17) is 0 Å². The largest absolute Gasteiger partial charge is 0.481 e. The SMILES string of the molecule is O=C(O)[C@@H]1C[C@@H](Sc2cccc(Br)c2)C[C@H]1C(=O)N1CCC(F)(F)C1. The van der Waals surface area contributed by atoms with E-state index in [0.717, 1.165) is 14.3 Å². The van der Waals surface area contributed by atoms with Gasteiger partial charge in [0, 0.05) is 27.6 Å². The number of likely N-dealkylation sites (tertiary alicyclic amines) is 1. The standard InChI is InChI=1S/C17H18BrF2NO3S/c18-10-2-1-3-11(6-10)25-12-7-13(14(8-12)16(23)24)15(22)21-5-4-17(19,20)9-21/h1-3,6,12-14H,4-5,7-9H2,(H,23,24)/t12-,13+,14+/m0/s1. The minimum atomic E-state index is -2.86. The van der Waals surface area contributed by atoms with E-state index in [1.165, 1.54) is 11.8 Å². The van der Waals surface area contributed by atoms with Gasteiger partial charge in [-0.25, -0.2) is 8.78 Å². The predicted octanol–water partition coefficient (Wildman–Crippen LogP) is 3.89. The molecule has 0 radical (unpaired) electrons. The Bertz CT molecular complexity index is 688. The molecule has 1 saturated carbocycles. The van der Waals surface area contributed by atoms with E-state index in [1.807, 2.05) is 24.3 Å². The van der Waals surface area contributed by atoms with Crippen LogP contribution in [0.1, 0.15) is 19.3 Å². The Hall–Kier alpha value is -1.15. The first-order chi connectivity index (χ1) is 11.7. The number of benzene rings is 1. The van der Waals surface area contributed by atoms with E-state index in [0.29, 0.717) is 12.8 Å². The minimum absolute atomic E-state index is 0.00187. The topological polar surface area (TPSA) is 57.6 Å². The number of thioether (sulfide) groups is 1. The van der Waals surface area contributed by atoms with Crippen LogP contribution in [0.3, 0.4) is 0 Å².